The van der Waals surface area contributed by atoms with Crippen molar-refractivity contribution in [1.82, 2.24) is 0 Å². The third kappa shape index (κ3) is 2.09. The van der Waals surface area contributed by atoms with E-state index in [1.165, 1.54) is 0 Å². The van der Waals surface area contributed by atoms with Gasteiger partial charge in [0, 0.05) is 10.7 Å². The summed E-state index contributed by atoms with van der Waals surface area (Å²) in [4.78, 5) is 0. The van der Waals surface area contributed by atoms with Gasteiger partial charge in [0.1, 0.15) is 0 Å². The van der Waals surface area contributed by atoms with E-state index in [0.29, 0.717) is 5.92 Å². The summed E-state index contributed by atoms with van der Waals surface area (Å²) in [5.74, 6) is 0.303. The summed E-state index contributed by atoms with van der Waals surface area (Å²) < 4.78 is 21.9. The molecule has 66 valence electrons. The zero-order valence-corrected chi connectivity index (χ0v) is 8.16. The van der Waals surface area contributed by atoms with E-state index in [4.69, 9.17) is 10.7 Å². The van der Waals surface area contributed by atoms with Crippen LogP contribution in [0.3, 0.4) is 0 Å². The van der Waals surface area contributed by atoms with Gasteiger partial charge in [0.2, 0.25) is 9.05 Å². The summed E-state index contributed by atoms with van der Waals surface area (Å²) in [6.45, 7) is 2.02. The fourth-order valence-electron chi connectivity index (χ4n) is 1.84. The minimum atomic E-state index is -3.29. The van der Waals surface area contributed by atoms with Gasteiger partial charge in [0.15, 0.2) is 0 Å². The molecule has 11 heavy (non-hydrogen) atoms. The Morgan fingerprint density at radius 2 is 2.09 bits per heavy atom. The number of hydrogen-bond donors (Lipinski definition) is 0. The first-order chi connectivity index (χ1) is 5.05. The van der Waals surface area contributed by atoms with Crippen LogP contribution >= 0.6 is 10.7 Å². The molecule has 0 radical (unpaired) electrons. The van der Waals surface area contributed by atoms with Crippen molar-refractivity contribution in [2.45, 2.75) is 37.9 Å². The molecule has 0 aromatic rings. The van der Waals surface area contributed by atoms with Crippen molar-refractivity contribution in [2.24, 2.45) is 5.92 Å². The van der Waals surface area contributed by atoms with Crippen LogP contribution in [0.1, 0.15) is 32.6 Å². The van der Waals surface area contributed by atoms with Crippen molar-refractivity contribution in [2.75, 3.05) is 0 Å². The third-order valence-corrected chi connectivity index (χ3v) is 4.51. The Balaban J connectivity index is 2.72. The van der Waals surface area contributed by atoms with Crippen molar-refractivity contribution in [3.05, 3.63) is 0 Å². The number of halogens is 1. The maximum atomic E-state index is 11.0. The predicted molar refractivity (Wildman–Crippen MR) is 46.2 cm³/mol. The van der Waals surface area contributed by atoms with Gasteiger partial charge >= 0.3 is 0 Å². The van der Waals surface area contributed by atoms with Gasteiger partial charge in [-0.25, -0.2) is 8.42 Å². The highest BCUT2D eigenvalue weighted by molar-refractivity contribution is 8.14. The SMILES string of the molecule is CCC1CCCC1S(=O)(=O)Cl. The lowest BCUT2D eigenvalue weighted by molar-refractivity contribution is 0.512. The fourth-order valence-corrected chi connectivity index (χ4v) is 3.78. The molecule has 1 aliphatic carbocycles. The Labute approximate surface area is 72.4 Å². The second-order valence-corrected chi connectivity index (χ2v) is 5.96. The molecule has 0 amide bonds. The Morgan fingerprint density at radius 3 is 2.45 bits per heavy atom. The molecule has 1 fully saturated rings. The van der Waals surface area contributed by atoms with Crippen LogP contribution in [0.15, 0.2) is 0 Å². The van der Waals surface area contributed by atoms with Crippen LogP contribution in [-0.4, -0.2) is 13.7 Å². The average Bonchev–Trinajstić information content (AvgIpc) is 2.31. The molecule has 2 atom stereocenters. The van der Waals surface area contributed by atoms with Crippen LogP contribution in [0, 0.1) is 5.92 Å². The molecule has 2 nitrogen and oxygen atoms in total. The van der Waals surface area contributed by atoms with Crippen LogP contribution in [0.2, 0.25) is 0 Å². The second-order valence-electron chi connectivity index (χ2n) is 3.11. The van der Waals surface area contributed by atoms with Crippen LogP contribution in [0.4, 0.5) is 0 Å². The molecule has 0 aliphatic heterocycles. The molecule has 0 bridgehead atoms. The van der Waals surface area contributed by atoms with E-state index in [-0.39, 0.29) is 5.25 Å². The topological polar surface area (TPSA) is 34.1 Å². The maximum absolute atomic E-state index is 11.0. The average molecular weight is 197 g/mol. The smallest absolute Gasteiger partial charge is 0.212 e. The molecule has 1 saturated carbocycles. The Morgan fingerprint density at radius 1 is 1.45 bits per heavy atom. The van der Waals surface area contributed by atoms with Gasteiger partial charge in [-0.15, -0.1) is 0 Å². The second kappa shape index (κ2) is 3.31. The Hall–Kier alpha value is 0.240. The summed E-state index contributed by atoms with van der Waals surface area (Å²) in [6.07, 6.45) is 3.71. The van der Waals surface area contributed by atoms with Crippen LogP contribution < -0.4 is 0 Å². The summed E-state index contributed by atoms with van der Waals surface area (Å²) in [5, 5.41) is -0.269. The van der Waals surface area contributed by atoms with Gasteiger partial charge in [0.25, 0.3) is 0 Å². The molecule has 0 N–H and O–H groups in total. The normalized spacial score (nSPS) is 32.5. The van der Waals surface area contributed by atoms with Crippen LogP contribution in [-0.2, 0) is 9.05 Å². The molecule has 0 saturated heterocycles. The Kier molecular flexibility index (Phi) is 2.81. The fraction of sp³-hybridized carbons (Fsp3) is 1.00. The highest BCUT2D eigenvalue weighted by Crippen LogP contribution is 2.34. The van der Waals surface area contributed by atoms with Gasteiger partial charge < -0.3 is 0 Å². The van der Waals surface area contributed by atoms with E-state index in [2.05, 4.69) is 0 Å². The predicted octanol–water partition coefficient (Wildman–Crippen LogP) is 2.13. The summed E-state index contributed by atoms with van der Waals surface area (Å²) in [7, 11) is 1.99. The minimum absolute atomic E-state index is 0.269. The van der Waals surface area contributed by atoms with Crippen molar-refractivity contribution in [1.29, 1.82) is 0 Å². The first kappa shape index (κ1) is 9.33. The lowest BCUT2D eigenvalue weighted by Gasteiger charge is -2.13. The molecular weight excluding hydrogens is 184 g/mol. The number of rotatable bonds is 2. The largest absolute Gasteiger partial charge is 0.235 e. The van der Waals surface area contributed by atoms with E-state index in [0.717, 1.165) is 25.7 Å². The molecule has 0 heterocycles. The van der Waals surface area contributed by atoms with Crippen LogP contribution in [0.25, 0.3) is 0 Å². The monoisotopic (exact) mass is 196 g/mol. The van der Waals surface area contributed by atoms with Gasteiger partial charge in [-0.1, -0.05) is 19.8 Å². The molecule has 0 aromatic carbocycles. The molecule has 0 spiro atoms. The summed E-state index contributed by atoms with van der Waals surface area (Å²) in [5.41, 5.74) is 0. The standard InChI is InChI=1S/C7H13ClO2S/c1-2-6-4-3-5-7(6)11(8,9)10/h6-7H,2-5H2,1H3. The molecule has 4 heteroatoms. The first-order valence-corrected chi connectivity index (χ1v) is 6.36. The van der Waals surface area contributed by atoms with E-state index < -0.39 is 9.05 Å². The van der Waals surface area contributed by atoms with Gasteiger partial charge in [-0.05, 0) is 18.8 Å². The van der Waals surface area contributed by atoms with Crippen molar-refractivity contribution >= 4 is 19.7 Å². The summed E-state index contributed by atoms with van der Waals surface area (Å²) >= 11 is 0. The molecule has 1 aliphatic rings. The molecule has 0 aromatic heterocycles. The van der Waals surface area contributed by atoms with Gasteiger partial charge in [-0.3, -0.25) is 0 Å². The highest BCUT2D eigenvalue weighted by atomic mass is 35.7. The van der Waals surface area contributed by atoms with E-state index in [1.54, 1.807) is 0 Å². The van der Waals surface area contributed by atoms with E-state index in [1.807, 2.05) is 6.92 Å². The highest BCUT2D eigenvalue weighted by Gasteiger charge is 2.34. The maximum Gasteiger partial charge on any atom is 0.235 e. The van der Waals surface area contributed by atoms with Crippen molar-refractivity contribution in [3.8, 4) is 0 Å². The van der Waals surface area contributed by atoms with Crippen molar-refractivity contribution in [3.63, 3.8) is 0 Å². The van der Waals surface area contributed by atoms with Gasteiger partial charge in [0.05, 0.1) is 5.25 Å². The van der Waals surface area contributed by atoms with E-state index in [9.17, 15) is 8.42 Å². The number of hydrogen-bond acceptors (Lipinski definition) is 2. The van der Waals surface area contributed by atoms with Gasteiger partial charge in [-0.2, -0.15) is 0 Å². The molecular formula is C7H13ClO2S. The van der Waals surface area contributed by atoms with Crippen molar-refractivity contribution < 1.29 is 8.42 Å². The van der Waals surface area contributed by atoms with Crippen LogP contribution in [0.5, 0.6) is 0 Å². The zero-order chi connectivity index (χ0) is 8.48. The molecule has 2 unspecified atom stereocenters. The lowest BCUT2D eigenvalue weighted by atomic mass is 10.1. The Bertz CT molecular complexity index is 223. The minimum Gasteiger partial charge on any atom is -0.212 e. The summed E-state index contributed by atoms with van der Waals surface area (Å²) in [6, 6.07) is 0. The van der Waals surface area contributed by atoms with E-state index >= 15 is 0 Å². The third-order valence-electron chi connectivity index (χ3n) is 2.48. The quantitative estimate of drug-likeness (QED) is 0.635. The first-order valence-electron chi connectivity index (χ1n) is 3.99. The zero-order valence-electron chi connectivity index (χ0n) is 6.59. The molecule has 1 rings (SSSR count). The lowest BCUT2D eigenvalue weighted by Crippen LogP contribution is -2.20.